The average molecular weight is 405 g/mol. The van der Waals surface area contributed by atoms with Gasteiger partial charge in [-0.3, -0.25) is 4.79 Å². The number of ether oxygens (including phenoxy) is 1. The molecule has 11 heteroatoms. The highest BCUT2D eigenvalue weighted by molar-refractivity contribution is 7.89. The molecule has 1 aromatic rings. The number of sulfonamides is 2. The van der Waals surface area contributed by atoms with Crippen LogP contribution in [-0.4, -0.2) is 70.4 Å². The Labute approximate surface area is 153 Å². The lowest BCUT2D eigenvalue weighted by Gasteiger charge is -2.32. The molecule has 0 unspecified atom stereocenters. The van der Waals surface area contributed by atoms with Gasteiger partial charge in [0.2, 0.25) is 20.0 Å². The summed E-state index contributed by atoms with van der Waals surface area (Å²) in [7, 11) is -7.23. The molecule has 1 amide bonds. The molecule has 1 aliphatic rings. The van der Waals surface area contributed by atoms with E-state index in [0.717, 1.165) is 12.7 Å². The number of benzene rings is 1. The SMILES string of the molecule is CCCOc1ccc(S(=O)(=O)N2CCN(S(C)(=O)=O)CC2)cc1C(N)=O. The Hall–Kier alpha value is -1.69. The Morgan fingerprint density at radius 2 is 1.69 bits per heavy atom. The minimum absolute atomic E-state index is 0.00528. The highest BCUT2D eigenvalue weighted by Gasteiger charge is 2.32. The number of amides is 1. The van der Waals surface area contributed by atoms with Crippen LogP contribution in [0.3, 0.4) is 0 Å². The normalized spacial score (nSPS) is 17.2. The third-order valence-electron chi connectivity index (χ3n) is 3.98. The molecule has 9 nitrogen and oxygen atoms in total. The van der Waals surface area contributed by atoms with E-state index in [9.17, 15) is 21.6 Å². The van der Waals surface area contributed by atoms with Crippen molar-refractivity contribution in [2.24, 2.45) is 5.73 Å². The van der Waals surface area contributed by atoms with Gasteiger partial charge in [0.15, 0.2) is 0 Å². The Bertz CT molecular complexity index is 875. The number of rotatable bonds is 7. The molecule has 1 aliphatic heterocycles. The van der Waals surface area contributed by atoms with E-state index in [1.807, 2.05) is 6.92 Å². The summed E-state index contributed by atoms with van der Waals surface area (Å²) in [6.45, 7) is 2.51. The molecule has 0 aliphatic carbocycles. The Balaban J connectivity index is 2.26. The lowest BCUT2D eigenvalue weighted by molar-refractivity contribution is 0.0996. The number of carbonyl (C=O) groups is 1. The predicted octanol–water partition coefficient (Wildman–Crippen LogP) is -0.160. The fourth-order valence-electron chi connectivity index (χ4n) is 2.59. The molecule has 2 rings (SSSR count). The minimum Gasteiger partial charge on any atom is -0.493 e. The van der Waals surface area contributed by atoms with Crippen LogP contribution in [0.1, 0.15) is 23.7 Å². The molecule has 146 valence electrons. The van der Waals surface area contributed by atoms with Crippen LogP contribution in [0.15, 0.2) is 23.1 Å². The Kier molecular flexibility index (Phi) is 6.27. The summed E-state index contributed by atoms with van der Waals surface area (Å²) in [5.74, 6) is -0.546. The van der Waals surface area contributed by atoms with Gasteiger partial charge in [-0.15, -0.1) is 0 Å². The monoisotopic (exact) mass is 405 g/mol. The number of hydrogen-bond donors (Lipinski definition) is 1. The van der Waals surface area contributed by atoms with Crippen LogP contribution in [0.4, 0.5) is 0 Å². The molecule has 0 saturated carbocycles. The van der Waals surface area contributed by atoms with Crippen LogP contribution in [0.25, 0.3) is 0 Å². The van der Waals surface area contributed by atoms with Crippen LogP contribution >= 0.6 is 0 Å². The van der Waals surface area contributed by atoms with Gasteiger partial charge in [0, 0.05) is 26.2 Å². The van der Waals surface area contributed by atoms with Crippen LogP contribution < -0.4 is 10.5 Å². The van der Waals surface area contributed by atoms with Crippen LogP contribution in [0, 0.1) is 0 Å². The van der Waals surface area contributed by atoms with E-state index in [2.05, 4.69) is 0 Å². The summed E-state index contributed by atoms with van der Waals surface area (Å²) in [5, 5.41) is 0. The number of hydrogen-bond acceptors (Lipinski definition) is 6. The van der Waals surface area contributed by atoms with E-state index >= 15 is 0 Å². The van der Waals surface area contributed by atoms with E-state index in [0.29, 0.717) is 6.61 Å². The van der Waals surface area contributed by atoms with Gasteiger partial charge in [-0.05, 0) is 24.6 Å². The van der Waals surface area contributed by atoms with Gasteiger partial charge in [-0.2, -0.15) is 8.61 Å². The predicted molar refractivity (Wildman–Crippen MR) is 95.9 cm³/mol. The maximum atomic E-state index is 12.8. The smallest absolute Gasteiger partial charge is 0.252 e. The first-order valence-electron chi connectivity index (χ1n) is 8.09. The molecular formula is C15H23N3O6S2. The minimum atomic E-state index is -3.88. The molecule has 2 N–H and O–H groups in total. The second-order valence-corrected chi connectivity index (χ2v) is 9.86. The van der Waals surface area contributed by atoms with Gasteiger partial charge < -0.3 is 10.5 Å². The summed E-state index contributed by atoms with van der Waals surface area (Å²) in [6.07, 6.45) is 1.81. The molecule has 1 heterocycles. The number of piperazine rings is 1. The quantitative estimate of drug-likeness (QED) is 0.671. The summed E-state index contributed by atoms with van der Waals surface area (Å²) in [5.41, 5.74) is 5.34. The topological polar surface area (TPSA) is 127 Å². The fourth-order valence-corrected chi connectivity index (χ4v) is 4.87. The van der Waals surface area contributed by atoms with Crippen molar-refractivity contribution in [3.05, 3.63) is 23.8 Å². The van der Waals surface area contributed by atoms with Crippen molar-refractivity contribution in [3.8, 4) is 5.75 Å². The molecule has 1 saturated heterocycles. The van der Waals surface area contributed by atoms with Crippen molar-refractivity contribution in [2.45, 2.75) is 18.2 Å². The molecule has 0 radical (unpaired) electrons. The number of nitrogens with two attached hydrogens (primary N) is 1. The zero-order chi connectivity index (χ0) is 19.5. The van der Waals surface area contributed by atoms with Crippen molar-refractivity contribution >= 4 is 26.0 Å². The van der Waals surface area contributed by atoms with Gasteiger partial charge in [-0.1, -0.05) is 6.92 Å². The Morgan fingerprint density at radius 1 is 1.12 bits per heavy atom. The number of carbonyl (C=O) groups excluding carboxylic acids is 1. The third-order valence-corrected chi connectivity index (χ3v) is 7.18. The zero-order valence-electron chi connectivity index (χ0n) is 14.7. The van der Waals surface area contributed by atoms with Crippen molar-refractivity contribution in [1.29, 1.82) is 0 Å². The molecule has 0 spiro atoms. The standard InChI is InChI=1S/C15H23N3O6S2/c1-3-10-24-14-5-4-12(11-13(14)15(16)19)26(22,23)18-8-6-17(7-9-18)25(2,20)21/h4-5,11H,3,6-10H2,1-2H3,(H2,16,19). The first-order chi connectivity index (χ1) is 12.1. The van der Waals surface area contributed by atoms with E-state index in [1.165, 1.54) is 26.8 Å². The van der Waals surface area contributed by atoms with Crippen molar-refractivity contribution in [3.63, 3.8) is 0 Å². The third kappa shape index (κ3) is 4.53. The van der Waals surface area contributed by atoms with Gasteiger partial charge in [0.1, 0.15) is 5.75 Å². The second kappa shape index (κ2) is 7.91. The second-order valence-electron chi connectivity index (χ2n) is 5.94. The van der Waals surface area contributed by atoms with Crippen molar-refractivity contribution in [2.75, 3.05) is 39.0 Å². The average Bonchev–Trinajstić information content (AvgIpc) is 2.59. The largest absolute Gasteiger partial charge is 0.493 e. The van der Waals surface area contributed by atoms with E-state index in [1.54, 1.807) is 0 Å². The molecule has 1 fully saturated rings. The van der Waals surface area contributed by atoms with Crippen LogP contribution in [0.5, 0.6) is 5.75 Å². The van der Waals surface area contributed by atoms with Gasteiger partial charge >= 0.3 is 0 Å². The summed E-state index contributed by atoms with van der Waals surface area (Å²) >= 11 is 0. The number of primary amides is 1. The maximum Gasteiger partial charge on any atom is 0.252 e. The van der Waals surface area contributed by atoms with E-state index in [4.69, 9.17) is 10.5 Å². The molecule has 0 aromatic heterocycles. The summed E-state index contributed by atoms with van der Waals surface area (Å²) in [6, 6.07) is 3.97. The van der Waals surface area contributed by atoms with Crippen molar-refractivity contribution in [1.82, 2.24) is 8.61 Å². The van der Waals surface area contributed by atoms with E-state index in [-0.39, 0.29) is 42.4 Å². The first-order valence-corrected chi connectivity index (χ1v) is 11.4. The van der Waals surface area contributed by atoms with E-state index < -0.39 is 26.0 Å². The highest BCUT2D eigenvalue weighted by Crippen LogP contribution is 2.25. The van der Waals surface area contributed by atoms with Crippen LogP contribution in [0.2, 0.25) is 0 Å². The van der Waals surface area contributed by atoms with Gasteiger partial charge in [-0.25, -0.2) is 16.8 Å². The molecule has 0 atom stereocenters. The fraction of sp³-hybridized carbons (Fsp3) is 0.533. The summed E-state index contributed by atoms with van der Waals surface area (Å²) < 4.78 is 56.6. The maximum absolute atomic E-state index is 12.8. The molecular weight excluding hydrogens is 382 g/mol. The van der Waals surface area contributed by atoms with Gasteiger partial charge in [0.25, 0.3) is 5.91 Å². The molecule has 0 bridgehead atoms. The lowest BCUT2D eigenvalue weighted by atomic mass is 10.2. The lowest BCUT2D eigenvalue weighted by Crippen LogP contribution is -2.50. The molecule has 1 aromatic carbocycles. The first kappa shape index (κ1) is 20.6. The molecule has 26 heavy (non-hydrogen) atoms. The highest BCUT2D eigenvalue weighted by atomic mass is 32.2. The van der Waals surface area contributed by atoms with Gasteiger partial charge in [0.05, 0.1) is 23.3 Å². The summed E-state index contributed by atoms with van der Waals surface area (Å²) in [4.78, 5) is 11.6. The Morgan fingerprint density at radius 3 is 2.19 bits per heavy atom. The number of nitrogens with zero attached hydrogens (tertiary/aromatic N) is 2. The van der Waals surface area contributed by atoms with Crippen LogP contribution in [-0.2, 0) is 20.0 Å². The zero-order valence-corrected chi connectivity index (χ0v) is 16.3. The van der Waals surface area contributed by atoms with Crippen molar-refractivity contribution < 1.29 is 26.4 Å².